The summed E-state index contributed by atoms with van der Waals surface area (Å²) in [7, 11) is 4.44. The first kappa shape index (κ1) is 18.9. The van der Waals surface area contributed by atoms with Crippen LogP contribution in [-0.2, 0) is 14.3 Å². The minimum absolute atomic E-state index is 0. The number of carbonyl (C=O) groups is 1. The molecule has 1 spiro atoms. The fourth-order valence-electron chi connectivity index (χ4n) is 5.92. The lowest BCUT2D eigenvalue weighted by Gasteiger charge is -2.50. The van der Waals surface area contributed by atoms with E-state index in [0.717, 1.165) is 36.8 Å². The molecule has 0 bridgehead atoms. The number of quaternary nitrogens is 1. The molecule has 2 aliphatic carbocycles. The van der Waals surface area contributed by atoms with E-state index in [-0.39, 0.29) is 53.2 Å². The molecule has 0 N–H and O–H groups in total. The fraction of sp³-hybridized carbons (Fsp3) is 0.947. The molecule has 3 unspecified atom stereocenters. The highest BCUT2D eigenvalue weighted by atomic mass is 127. The van der Waals surface area contributed by atoms with Crippen molar-refractivity contribution in [2.24, 2.45) is 23.7 Å². The zero-order valence-corrected chi connectivity index (χ0v) is 17.8. The first-order chi connectivity index (χ1) is 10.7. The van der Waals surface area contributed by atoms with Gasteiger partial charge in [-0.3, -0.25) is 4.79 Å². The van der Waals surface area contributed by atoms with E-state index in [1.54, 1.807) is 0 Å². The van der Waals surface area contributed by atoms with E-state index >= 15 is 0 Å². The van der Waals surface area contributed by atoms with E-state index in [1.165, 1.54) is 6.42 Å². The summed E-state index contributed by atoms with van der Waals surface area (Å²) >= 11 is 0. The Morgan fingerprint density at radius 1 is 1.21 bits per heavy atom. The molecule has 2 aliphatic heterocycles. The van der Waals surface area contributed by atoms with Crippen molar-refractivity contribution < 1.29 is 42.7 Å². The molecule has 4 aliphatic rings. The zero-order valence-electron chi connectivity index (χ0n) is 15.7. The second-order valence-corrected chi connectivity index (χ2v) is 9.43. The Bertz CT molecular complexity index is 539. The standard InChI is InChI=1S/C19H32NO3.HI/c1-6-20(4,5)11-13-15-8-7-12(2)14-9-10-18(3)17(23-18)19(14,15)22-16(13)21;/h12-15,17H,6-11H2,1-5H3;1H/q+1;/p-1/t12-,13?,14?,15?,17-,18-,19-;/m1./s1. The predicted molar refractivity (Wildman–Crippen MR) is 87.7 cm³/mol. The summed E-state index contributed by atoms with van der Waals surface area (Å²) in [6.45, 7) is 8.70. The van der Waals surface area contributed by atoms with Crippen molar-refractivity contribution in [3.8, 4) is 0 Å². The molecule has 0 aromatic heterocycles. The van der Waals surface area contributed by atoms with Crippen molar-refractivity contribution in [2.45, 2.75) is 63.8 Å². The molecule has 4 fully saturated rings. The Morgan fingerprint density at radius 2 is 1.92 bits per heavy atom. The number of hydrogen-bond acceptors (Lipinski definition) is 3. The number of esters is 1. The summed E-state index contributed by atoms with van der Waals surface area (Å²) in [5.41, 5.74) is -0.351. The summed E-state index contributed by atoms with van der Waals surface area (Å²) in [4.78, 5) is 12.9. The highest BCUT2D eigenvalue weighted by molar-refractivity contribution is 5.77. The van der Waals surface area contributed by atoms with Gasteiger partial charge in [0.15, 0.2) is 0 Å². The molecule has 2 saturated heterocycles. The molecule has 24 heavy (non-hydrogen) atoms. The van der Waals surface area contributed by atoms with Gasteiger partial charge in [-0.15, -0.1) is 0 Å². The molecule has 4 nitrogen and oxygen atoms in total. The summed E-state index contributed by atoms with van der Waals surface area (Å²) in [5.74, 6) is 1.58. The summed E-state index contributed by atoms with van der Waals surface area (Å²) < 4.78 is 13.3. The molecular weight excluding hydrogens is 417 g/mol. The lowest BCUT2D eigenvalue weighted by molar-refractivity contribution is -0.891. The molecule has 4 rings (SSSR count). The van der Waals surface area contributed by atoms with Crippen molar-refractivity contribution in [3.63, 3.8) is 0 Å². The lowest BCUT2D eigenvalue weighted by atomic mass is 9.55. The number of carbonyl (C=O) groups excluding carboxylic acids is 1. The highest BCUT2D eigenvalue weighted by Crippen LogP contribution is 2.66. The van der Waals surface area contributed by atoms with Crippen LogP contribution < -0.4 is 24.0 Å². The first-order valence-corrected chi connectivity index (χ1v) is 9.46. The molecular formula is C19H32INO3. The Balaban J connectivity index is 0.00000169. The maximum Gasteiger partial charge on any atom is 0.315 e. The van der Waals surface area contributed by atoms with Gasteiger partial charge in [-0.05, 0) is 45.4 Å². The van der Waals surface area contributed by atoms with Crippen LogP contribution >= 0.6 is 0 Å². The highest BCUT2D eigenvalue weighted by Gasteiger charge is 2.77. The SMILES string of the molecule is CC[N+](C)(C)CC1C(=O)O[C@@]23C1CC[C@@H](C)C2CC[C@@]1(C)O[C@@H]31.[I-]. The van der Waals surface area contributed by atoms with Crippen LogP contribution in [0.2, 0.25) is 0 Å². The second-order valence-electron chi connectivity index (χ2n) is 9.43. The molecule has 138 valence electrons. The van der Waals surface area contributed by atoms with Gasteiger partial charge < -0.3 is 37.9 Å². The Morgan fingerprint density at radius 3 is 2.58 bits per heavy atom. The van der Waals surface area contributed by atoms with Crippen LogP contribution in [0.15, 0.2) is 0 Å². The topological polar surface area (TPSA) is 38.8 Å². The van der Waals surface area contributed by atoms with Crippen LogP contribution in [0.5, 0.6) is 0 Å². The summed E-state index contributed by atoms with van der Waals surface area (Å²) in [5, 5.41) is 0. The van der Waals surface area contributed by atoms with Crippen LogP contribution in [0.1, 0.15) is 46.5 Å². The number of halogens is 1. The third-order valence-corrected chi connectivity index (χ3v) is 7.64. The Kier molecular flexibility index (Phi) is 4.58. The van der Waals surface area contributed by atoms with Crippen molar-refractivity contribution in [1.29, 1.82) is 0 Å². The zero-order chi connectivity index (χ0) is 16.6. The van der Waals surface area contributed by atoms with Crippen molar-refractivity contribution in [1.82, 2.24) is 0 Å². The largest absolute Gasteiger partial charge is 1.00 e. The second kappa shape index (κ2) is 5.81. The van der Waals surface area contributed by atoms with Crippen LogP contribution in [0.25, 0.3) is 0 Å². The minimum Gasteiger partial charge on any atom is -1.00 e. The van der Waals surface area contributed by atoms with Crippen LogP contribution in [0.3, 0.4) is 0 Å². The third-order valence-electron chi connectivity index (χ3n) is 7.64. The molecule has 7 atom stereocenters. The number of epoxide rings is 1. The van der Waals surface area contributed by atoms with Crippen LogP contribution in [-0.4, -0.2) is 54.9 Å². The quantitative estimate of drug-likeness (QED) is 0.255. The molecule has 5 heteroatoms. The molecule has 0 aromatic carbocycles. The van der Waals surface area contributed by atoms with Crippen molar-refractivity contribution in [3.05, 3.63) is 0 Å². The minimum atomic E-state index is -0.319. The molecule has 0 amide bonds. The van der Waals surface area contributed by atoms with Crippen molar-refractivity contribution in [2.75, 3.05) is 27.2 Å². The van der Waals surface area contributed by atoms with E-state index in [4.69, 9.17) is 9.47 Å². The third kappa shape index (κ3) is 2.48. The average Bonchev–Trinajstić information content (AvgIpc) is 3.11. The molecule has 2 heterocycles. The fourth-order valence-corrected chi connectivity index (χ4v) is 5.92. The normalized spacial score (nSPS) is 49.4. The van der Waals surface area contributed by atoms with Gasteiger partial charge in [-0.2, -0.15) is 0 Å². The number of hydrogen-bond donors (Lipinski definition) is 0. The average molecular weight is 449 g/mol. The lowest BCUT2D eigenvalue weighted by Crippen LogP contribution is -3.00. The van der Waals surface area contributed by atoms with Gasteiger partial charge in [0, 0.05) is 11.8 Å². The predicted octanol–water partition coefficient (Wildman–Crippen LogP) is -0.388. The number of nitrogens with zero attached hydrogens (tertiary/aromatic N) is 1. The van der Waals surface area contributed by atoms with Crippen LogP contribution in [0, 0.1) is 23.7 Å². The number of fused-ring (bicyclic) bond motifs is 1. The van der Waals surface area contributed by atoms with Crippen molar-refractivity contribution >= 4 is 5.97 Å². The van der Waals surface area contributed by atoms with Gasteiger partial charge in [-0.25, -0.2) is 0 Å². The van der Waals surface area contributed by atoms with Gasteiger partial charge in [0.2, 0.25) is 0 Å². The van der Waals surface area contributed by atoms with E-state index in [9.17, 15) is 4.79 Å². The molecule has 0 radical (unpaired) electrons. The van der Waals surface area contributed by atoms with E-state index < -0.39 is 0 Å². The van der Waals surface area contributed by atoms with Gasteiger partial charge in [-0.1, -0.05) is 6.92 Å². The maximum atomic E-state index is 12.9. The molecule has 2 saturated carbocycles. The van der Waals surface area contributed by atoms with Gasteiger partial charge >= 0.3 is 5.97 Å². The first-order valence-electron chi connectivity index (χ1n) is 9.46. The van der Waals surface area contributed by atoms with Gasteiger partial charge in [0.25, 0.3) is 0 Å². The Labute approximate surface area is 163 Å². The summed E-state index contributed by atoms with van der Waals surface area (Å²) in [6.07, 6.45) is 4.77. The Hall–Kier alpha value is 0.120. The van der Waals surface area contributed by atoms with Gasteiger partial charge in [0.1, 0.15) is 17.6 Å². The number of ether oxygens (including phenoxy) is 2. The maximum absolute atomic E-state index is 12.9. The number of rotatable bonds is 3. The molecule has 0 aromatic rings. The summed E-state index contributed by atoms with van der Waals surface area (Å²) in [6, 6.07) is 0. The van der Waals surface area contributed by atoms with Gasteiger partial charge in [0.05, 0.1) is 32.8 Å². The van der Waals surface area contributed by atoms with E-state index in [0.29, 0.717) is 17.8 Å². The monoisotopic (exact) mass is 449 g/mol. The van der Waals surface area contributed by atoms with E-state index in [1.807, 2.05) is 0 Å². The van der Waals surface area contributed by atoms with Crippen LogP contribution in [0.4, 0.5) is 0 Å². The van der Waals surface area contributed by atoms with E-state index in [2.05, 4.69) is 34.9 Å². The smallest absolute Gasteiger partial charge is 0.315 e.